The molecule has 1 heterocycles. The van der Waals surface area contributed by atoms with Crippen LogP contribution >= 0.6 is 0 Å². The number of rotatable bonds is 5. The monoisotopic (exact) mass is 445 g/mol. The van der Waals surface area contributed by atoms with E-state index in [4.69, 9.17) is 10.00 Å². The summed E-state index contributed by atoms with van der Waals surface area (Å²) in [6.45, 7) is 4.91. The van der Waals surface area contributed by atoms with E-state index in [1.54, 1.807) is 0 Å². The van der Waals surface area contributed by atoms with Crippen molar-refractivity contribution in [1.82, 2.24) is 0 Å². The Morgan fingerprint density at radius 2 is 1.44 bits per heavy atom. The summed E-state index contributed by atoms with van der Waals surface area (Å²) < 4.78 is 8.38. The molecule has 2 aromatic carbocycles. The summed E-state index contributed by atoms with van der Waals surface area (Å²) in [4.78, 5) is 0. The third-order valence-electron chi connectivity index (χ3n) is 5.87. The summed E-state index contributed by atoms with van der Waals surface area (Å²) in [7, 11) is 2.00. The molecule has 168 valence electrons. The molecule has 2 aromatic rings. The van der Waals surface area contributed by atoms with Crippen molar-refractivity contribution in [2.24, 2.45) is 0 Å². The lowest BCUT2D eigenvalue weighted by Gasteiger charge is -2.18. The van der Waals surface area contributed by atoms with Gasteiger partial charge in [0.05, 0.1) is 12.5 Å². The molecule has 0 atom stereocenters. The molecule has 4 rings (SSSR count). The van der Waals surface area contributed by atoms with Gasteiger partial charge in [-0.1, -0.05) is 65.7 Å². The SMILES string of the molecule is Cc1ccc(C2=CC(=CC=C3C=CC(=[N+](C)CCC#N)C=C3)OC(c3ccc(C)cc3)=C2)cc1. The molecule has 0 unspecified atom stereocenters. The van der Waals surface area contributed by atoms with Crippen molar-refractivity contribution >= 4 is 17.0 Å². The van der Waals surface area contributed by atoms with Crippen LogP contribution in [0.3, 0.4) is 0 Å². The molecule has 1 aliphatic carbocycles. The predicted molar refractivity (Wildman–Crippen MR) is 140 cm³/mol. The van der Waals surface area contributed by atoms with E-state index in [0.717, 1.165) is 46.0 Å². The number of nitrogens with zero attached hydrogens (tertiary/aromatic N) is 2. The second-order valence-electron chi connectivity index (χ2n) is 8.60. The topological polar surface area (TPSA) is 36.0 Å². The average molecular weight is 446 g/mol. The number of ether oxygens (including phenoxy) is 1. The van der Waals surface area contributed by atoms with Gasteiger partial charge >= 0.3 is 0 Å². The number of hydrogen-bond donors (Lipinski definition) is 0. The number of aryl methyl sites for hydroxylation is 2. The number of nitriles is 1. The van der Waals surface area contributed by atoms with Crippen molar-refractivity contribution in [1.29, 1.82) is 5.26 Å². The van der Waals surface area contributed by atoms with Gasteiger partial charge in [-0.15, -0.1) is 0 Å². The predicted octanol–water partition coefficient (Wildman–Crippen LogP) is 6.69. The van der Waals surface area contributed by atoms with E-state index >= 15 is 0 Å². The molecule has 0 saturated carbocycles. The van der Waals surface area contributed by atoms with E-state index in [-0.39, 0.29) is 0 Å². The van der Waals surface area contributed by atoms with Gasteiger partial charge in [0.2, 0.25) is 0 Å². The third-order valence-corrected chi connectivity index (χ3v) is 5.87. The molecule has 1 aliphatic heterocycles. The molecular formula is C31H29N2O+. The maximum absolute atomic E-state index is 8.80. The Balaban J connectivity index is 1.62. The first kappa shape index (κ1) is 23.0. The first-order valence-corrected chi connectivity index (χ1v) is 11.5. The van der Waals surface area contributed by atoms with Gasteiger partial charge in [-0.05, 0) is 60.9 Å². The van der Waals surface area contributed by atoms with E-state index in [2.05, 4.69) is 116 Å². The Hall–Kier alpha value is -4.16. The Kier molecular flexibility index (Phi) is 7.20. The molecule has 0 fully saturated rings. The average Bonchev–Trinajstić information content (AvgIpc) is 2.87. The standard InChI is InChI=1S/C31H29N2O/c1-23-5-12-26(13-6-23)28-21-30(34-31(22-28)27-14-7-24(2)8-15-27)18-11-25-9-16-29(17-10-25)33(3)20-4-19-32/h5-18,21-22H,4,20H2,1-3H3/q+1. The van der Waals surface area contributed by atoms with E-state index < -0.39 is 0 Å². The lowest BCUT2D eigenvalue weighted by Crippen LogP contribution is -2.16. The highest BCUT2D eigenvalue weighted by Crippen LogP contribution is 2.32. The number of benzene rings is 2. The molecule has 3 heteroatoms. The minimum absolute atomic E-state index is 0.514. The minimum Gasteiger partial charge on any atom is -0.457 e. The van der Waals surface area contributed by atoms with Gasteiger partial charge in [-0.25, -0.2) is 4.58 Å². The van der Waals surface area contributed by atoms with Crippen LogP contribution in [0.25, 0.3) is 11.3 Å². The van der Waals surface area contributed by atoms with Gasteiger partial charge in [0.15, 0.2) is 12.3 Å². The quantitative estimate of drug-likeness (QED) is 0.481. The van der Waals surface area contributed by atoms with Crippen molar-refractivity contribution < 1.29 is 9.31 Å². The second kappa shape index (κ2) is 10.6. The Morgan fingerprint density at radius 3 is 2.06 bits per heavy atom. The van der Waals surface area contributed by atoms with Crippen LogP contribution in [0.15, 0.2) is 108 Å². The summed E-state index contributed by atoms with van der Waals surface area (Å²) in [6, 6.07) is 19.2. The van der Waals surface area contributed by atoms with E-state index in [1.165, 1.54) is 11.1 Å². The molecule has 0 spiro atoms. The lowest BCUT2D eigenvalue weighted by molar-refractivity contribution is -0.494. The van der Waals surface area contributed by atoms with Crippen LogP contribution in [0.4, 0.5) is 0 Å². The van der Waals surface area contributed by atoms with Crippen LogP contribution in [0.5, 0.6) is 0 Å². The molecule has 0 saturated heterocycles. The van der Waals surface area contributed by atoms with Crippen molar-refractivity contribution in [2.45, 2.75) is 20.3 Å². The van der Waals surface area contributed by atoms with Gasteiger partial charge in [0.25, 0.3) is 0 Å². The summed E-state index contributed by atoms with van der Waals surface area (Å²) in [5.74, 6) is 1.64. The second-order valence-corrected chi connectivity index (χ2v) is 8.60. The molecule has 2 aliphatic rings. The molecule has 0 radical (unpaired) electrons. The van der Waals surface area contributed by atoms with Gasteiger partial charge in [0, 0.05) is 17.7 Å². The molecule has 0 bridgehead atoms. The lowest BCUT2D eigenvalue weighted by atomic mass is 9.99. The maximum Gasteiger partial charge on any atom is 0.199 e. The summed E-state index contributed by atoms with van der Waals surface area (Å²) in [5, 5.41) is 8.80. The van der Waals surface area contributed by atoms with Crippen molar-refractivity contribution in [3.8, 4) is 6.07 Å². The largest absolute Gasteiger partial charge is 0.457 e. The fourth-order valence-electron chi connectivity index (χ4n) is 3.74. The van der Waals surface area contributed by atoms with Crippen LogP contribution in [0, 0.1) is 25.2 Å². The molecule has 0 amide bonds. The fraction of sp³-hybridized carbons (Fsp3) is 0.161. The Morgan fingerprint density at radius 1 is 0.824 bits per heavy atom. The molecule has 3 nitrogen and oxygen atoms in total. The van der Waals surface area contributed by atoms with Crippen LogP contribution < -0.4 is 0 Å². The van der Waals surface area contributed by atoms with Crippen molar-refractivity contribution in [3.63, 3.8) is 0 Å². The van der Waals surface area contributed by atoms with E-state index in [9.17, 15) is 0 Å². The van der Waals surface area contributed by atoms with Gasteiger partial charge in [-0.3, -0.25) is 0 Å². The van der Waals surface area contributed by atoms with Gasteiger partial charge < -0.3 is 4.74 Å². The highest BCUT2D eigenvalue weighted by atomic mass is 16.5. The zero-order chi connectivity index (χ0) is 23.9. The van der Waals surface area contributed by atoms with Crippen LogP contribution in [-0.4, -0.2) is 23.9 Å². The first-order chi connectivity index (χ1) is 16.5. The summed E-state index contributed by atoms with van der Waals surface area (Å²) in [6.07, 6.45) is 17.1. The zero-order valence-electron chi connectivity index (χ0n) is 20.0. The smallest absolute Gasteiger partial charge is 0.199 e. The number of allylic oxidation sites excluding steroid dienone is 10. The first-order valence-electron chi connectivity index (χ1n) is 11.5. The van der Waals surface area contributed by atoms with E-state index in [0.29, 0.717) is 6.42 Å². The minimum atomic E-state index is 0.514. The highest BCUT2D eigenvalue weighted by molar-refractivity contribution is 6.02. The van der Waals surface area contributed by atoms with Crippen LogP contribution in [0.2, 0.25) is 0 Å². The van der Waals surface area contributed by atoms with Crippen molar-refractivity contribution in [2.75, 3.05) is 13.6 Å². The van der Waals surface area contributed by atoms with Crippen LogP contribution in [-0.2, 0) is 4.74 Å². The van der Waals surface area contributed by atoms with E-state index in [1.807, 2.05) is 13.1 Å². The number of hydrogen-bond acceptors (Lipinski definition) is 2. The molecule has 0 aromatic heterocycles. The van der Waals surface area contributed by atoms with Gasteiger partial charge in [0.1, 0.15) is 18.6 Å². The zero-order valence-corrected chi connectivity index (χ0v) is 20.0. The van der Waals surface area contributed by atoms with Crippen LogP contribution in [0.1, 0.15) is 28.7 Å². The molecule has 34 heavy (non-hydrogen) atoms. The summed E-state index contributed by atoms with van der Waals surface area (Å²) in [5.41, 5.74) is 7.99. The molecule has 0 N–H and O–H groups in total. The maximum atomic E-state index is 8.80. The van der Waals surface area contributed by atoms with Gasteiger partial charge in [-0.2, -0.15) is 5.26 Å². The fourth-order valence-corrected chi connectivity index (χ4v) is 3.74. The highest BCUT2D eigenvalue weighted by Gasteiger charge is 2.14. The Bertz CT molecular complexity index is 1300. The third kappa shape index (κ3) is 5.79. The van der Waals surface area contributed by atoms with Crippen molar-refractivity contribution in [3.05, 3.63) is 131 Å². The summed E-state index contributed by atoms with van der Waals surface area (Å²) >= 11 is 0. The Labute approximate surface area is 202 Å². The normalized spacial score (nSPS) is 16.0. The molecular weight excluding hydrogens is 416 g/mol.